The number of nitriles is 1. The van der Waals surface area contributed by atoms with E-state index in [4.69, 9.17) is 0 Å². The number of likely N-dealkylation sites (N-methyl/N-ethyl adjacent to an activating group) is 1. The molecule has 192 valence electrons. The lowest BCUT2D eigenvalue weighted by Crippen LogP contribution is -2.57. The van der Waals surface area contributed by atoms with E-state index in [2.05, 4.69) is 29.7 Å². The molecule has 2 aliphatic rings. The second kappa shape index (κ2) is 9.87. The Balaban J connectivity index is 1.66. The van der Waals surface area contributed by atoms with Gasteiger partial charge in [-0.15, -0.1) is 0 Å². The Kier molecular flexibility index (Phi) is 7.18. The van der Waals surface area contributed by atoms with Gasteiger partial charge in [-0.25, -0.2) is 0 Å². The minimum absolute atomic E-state index is 0.0303. The lowest BCUT2D eigenvalue weighted by atomic mass is 9.95. The normalized spacial score (nSPS) is 19.3. The molecule has 1 saturated heterocycles. The molecule has 0 radical (unpaired) electrons. The van der Waals surface area contributed by atoms with Crippen LogP contribution in [-0.4, -0.2) is 47.9 Å². The predicted molar refractivity (Wildman–Crippen MR) is 133 cm³/mol. The van der Waals surface area contributed by atoms with E-state index in [1.54, 1.807) is 18.2 Å². The molecule has 5 nitrogen and oxygen atoms in total. The number of benzene rings is 2. The van der Waals surface area contributed by atoms with Gasteiger partial charge >= 0.3 is 6.18 Å². The molecule has 36 heavy (non-hydrogen) atoms. The van der Waals surface area contributed by atoms with Crippen molar-refractivity contribution < 1.29 is 18.0 Å². The van der Waals surface area contributed by atoms with Gasteiger partial charge < -0.3 is 9.80 Å². The van der Waals surface area contributed by atoms with Crippen LogP contribution in [0.5, 0.6) is 0 Å². The number of hydrogen-bond donors (Lipinski definition) is 0. The van der Waals surface area contributed by atoms with Crippen LogP contribution in [0.1, 0.15) is 59.8 Å². The molecule has 8 heteroatoms. The zero-order chi connectivity index (χ0) is 26.3. The van der Waals surface area contributed by atoms with Gasteiger partial charge in [0.05, 0.1) is 24.1 Å². The third-order valence-corrected chi connectivity index (χ3v) is 7.42. The van der Waals surface area contributed by atoms with Crippen LogP contribution in [0.4, 0.5) is 18.9 Å². The molecule has 1 unspecified atom stereocenters. The van der Waals surface area contributed by atoms with Crippen molar-refractivity contribution in [1.29, 1.82) is 5.26 Å². The minimum Gasteiger partial charge on any atom is -0.304 e. The maximum absolute atomic E-state index is 14.2. The fourth-order valence-corrected chi connectivity index (χ4v) is 5.39. The molecule has 0 spiro atoms. The van der Waals surface area contributed by atoms with Crippen LogP contribution >= 0.6 is 0 Å². The topological polar surface area (TPSA) is 50.6 Å². The standard InChI is InChI=1S/C28H33F3N4O/c1-5-19(15-32)11-20-7-6-8-22(12-20)35-17-24-23(26(35)36)13-21(14-25(24)28(29,30)31)16-34-10-9-33(4)18-27(34,2)3/h6-8,12-14,19H,5,9-11,16-18H2,1-4H3. The van der Waals surface area contributed by atoms with Crippen molar-refractivity contribution >= 4 is 11.6 Å². The summed E-state index contributed by atoms with van der Waals surface area (Å²) >= 11 is 0. The van der Waals surface area contributed by atoms with Crippen LogP contribution < -0.4 is 4.90 Å². The number of nitrogens with zero attached hydrogens (tertiary/aromatic N) is 4. The van der Waals surface area contributed by atoms with E-state index in [1.807, 2.05) is 26.1 Å². The van der Waals surface area contributed by atoms with Crippen molar-refractivity contribution in [3.8, 4) is 6.07 Å². The van der Waals surface area contributed by atoms with Crippen LogP contribution in [-0.2, 0) is 25.7 Å². The Morgan fingerprint density at radius 1 is 1.14 bits per heavy atom. The minimum atomic E-state index is -4.56. The van der Waals surface area contributed by atoms with Gasteiger partial charge in [0, 0.05) is 43.0 Å². The zero-order valence-electron chi connectivity index (χ0n) is 21.3. The van der Waals surface area contributed by atoms with Gasteiger partial charge in [0.15, 0.2) is 0 Å². The number of carbonyl (C=O) groups is 1. The second-order valence-electron chi connectivity index (χ2n) is 10.6. The molecule has 1 amide bonds. The molecule has 0 aliphatic carbocycles. The number of rotatable bonds is 6. The largest absolute Gasteiger partial charge is 0.416 e. The van der Waals surface area contributed by atoms with E-state index in [-0.39, 0.29) is 29.1 Å². The highest BCUT2D eigenvalue weighted by atomic mass is 19.4. The van der Waals surface area contributed by atoms with E-state index in [9.17, 15) is 23.2 Å². The first-order chi connectivity index (χ1) is 16.9. The first kappa shape index (κ1) is 26.2. The molecule has 0 bridgehead atoms. The number of halogens is 3. The van der Waals surface area contributed by atoms with Crippen LogP contribution in [0, 0.1) is 17.2 Å². The Hall–Kier alpha value is -2.89. The maximum Gasteiger partial charge on any atom is 0.416 e. The molecule has 2 heterocycles. The van der Waals surface area contributed by atoms with Crippen molar-refractivity contribution in [3.05, 3.63) is 64.2 Å². The average molecular weight is 499 g/mol. The molecule has 2 aromatic rings. The molecular formula is C28H33F3N4O. The summed E-state index contributed by atoms with van der Waals surface area (Å²) in [6.07, 6.45) is -3.32. The number of anilines is 1. The number of piperazine rings is 1. The monoisotopic (exact) mass is 498 g/mol. The number of fused-ring (bicyclic) bond motifs is 1. The molecule has 0 N–H and O–H groups in total. The van der Waals surface area contributed by atoms with Gasteiger partial charge in [0.25, 0.3) is 5.91 Å². The molecule has 0 aromatic heterocycles. The van der Waals surface area contributed by atoms with Crippen LogP contribution in [0.15, 0.2) is 36.4 Å². The summed E-state index contributed by atoms with van der Waals surface area (Å²) < 4.78 is 42.5. The molecule has 1 atom stereocenters. The molecule has 2 aliphatic heterocycles. The average Bonchev–Trinajstić information content (AvgIpc) is 3.14. The van der Waals surface area contributed by atoms with Crippen LogP contribution in [0.2, 0.25) is 0 Å². The van der Waals surface area contributed by atoms with Crippen molar-refractivity contribution in [3.63, 3.8) is 0 Å². The SMILES string of the molecule is CCC(C#N)Cc1cccc(N2Cc3c(cc(CN4CCN(C)CC4(C)C)cc3C(F)(F)F)C2=O)c1. The van der Waals surface area contributed by atoms with Gasteiger partial charge in [-0.05, 0) is 74.7 Å². The van der Waals surface area contributed by atoms with Gasteiger partial charge in [0.1, 0.15) is 0 Å². The summed E-state index contributed by atoms with van der Waals surface area (Å²) in [5.74, 6) is -0.565. The Labute approximate surface area is 211 Å². The second-order valence-corrected chi connectivity index (χ2v) is 10.6. The quantitative estimate of drug-likeness (QED) is 0.529. The maximum atomic E-state index is 14.2. The summed E-state index contributed by atoms with van der Waals surface area (Å²) in [6, 6.07) is 12.4. The third-order valence-electron chi connectivity index (χ3n) is 7.42. The van der Waals surface area contributed by atoms with Crippen molar-refractivity contribution in [2.45, 2.75) is 58.4 Å². The van der Waals surface area contributed by atoms with Gasteiger partial charge in [0.2, 0.25) is 0 Å². The molecule has 0 saturated carbocycles. The zero-order valence-corrected chi connectivity index (χ0v) is 21.3. The van der Waals surface area contributed by atoms with Crippen molar-refractivity contribution in [2.75, 3.05) is 31.6 Å². The number of amides is 1. The van der Waals surface area contributed by atoms with E-state index >= 15 is 0 Å². The fraction of sp³-hybridized carbons (Fsp3) is 0.500. The number of hydrogen-bond acceptors (Lipinski definition) is 4. The predicted octanol–water partition coefficient (Wildman–Crippen LogP) is 5.48. The van der Waals surface area contributed by atoms with E-state index in [1.165, 1.54) is 11.0 Å². The number of carbonyl (C=O) groups excluding carboxylic acids is 1. The summed E-state index contributed by atoms with van der Waals surface area (Å²) in [5, 5.41) is 9.30. The molecular weight excluding hydrogens is 465 g/mol. The summed E-state index contributed by atoms with van der Waals surface area (Å²) in [6.45, 7) is 8.76. The van der Waals surface area contributed by atoms with Crippen LogP contribution in [0.3, 0.4) is 0 Å². The lowest BCUT2D eigenvalue weighted by Gasteiger charge is -2.46. The van der Waals surface area contributed by atoms with Gasteiger partial charge in [-0.2, -0.15) is 18.4 Å². The summed E-state index contributed by atoms with van der Waals surface area (Å²) in [7, 11) is 2.04. The highest BCUT2D eigenvalue weighted by Gasteiger charge is 2.41. The first-order valence-corrected chi connectivity index (χ1v) is 12.4. The highest BCUT2D eigenvalue weighted by molar-refractivity contribution is 6.10. The van der Waals surface area contributed by atoms with E-state index in [0.717, 1.165) is 25.2 Å². The van der Waals surface area contributed by atoms with Gasteiger partial charge in [-0.3, -0.25) is 9.69 Å². The number of alkyl halides is 3. The lowest BCUT2D eigenvalue weighted by molar-refractivity contribution is -0.138. The third kappa shape index (κ3) is 5.28. The molecule has 4 rings (SSSR count). The molecule has 1 fully saturated rings. The van der Waals surface area contributed by atoms with Crippen molar-refractivity contribution in [1.82, 2.24) is 9.80 Å². The van der Waals surface area contributed by atoms with E-state index < -0.39 is 17.6 Å². The smallest absolute Gasteiger partial charge is 0.304 e. The van der Waals surface area contributed by atoms with E-state index in [0.29, 0.717) is 30.6 Å². The summed E-state index contributed by atoms with van der Waals surface area (Å²) in [5.41, 5.74) is 1.17. The Bertz CT molecular complexity index is 1180. The van der Waals surface area contributed by atoms with Gasteiger partial charge in [-0.1, -0.05) is 19.1 Å². The van der Waals surface area contributed by atoms with Crippen LogP contribution in [0.25, 0.3) is 0 Å². The summed E-state index contributed by atoms with van der Waals surface area (Å²) in [4.78, 5) is 19.2. The first-order valence-electron chi connectivity index (χ1n) is 12.4. The fourth-order valence-electron chi connectivity index (χ4n) is 5.39. The Morgan fingerprint density at radius 3 is 2.53 bits per heavy atom. The van der Waals surface area contributed by atoms with Crippen molar-refractivity contribution in [2.24, 2.45) is 5.92 Å². The molecule has 2 aromatic carbocycles. The highest BCUT2D eigenvalue weighted by Crippen LogP contribution is 2.40. The Morgan fingerprint density at radius 2 is 1.89 bits per heavy atom.